The maximum Gasteiger partial charge on any atom is 0.187 e. The standard InChI is InChI=1S/C22H12N2S2/c1-24-18-8-6-17(7-9-18)20-11-13-22(26-20)21-12-10-19(25-21)16-4-2-15(14-23)3-5-16/h2-13H. The lowest BCUT2D eigenvalue weighted by atomic mass is 10.1. The Kier molecular flexibility index (Phi) is 4.37. The van der Waals surface area contributed by atoms with Crippen LogP contribution in [0.4, 0.5) is 5.69 Å². The van der Waals surface area contributed by atoms with Crippen LogP contribution in [0.5, 0.6) is 0 Å². The molecule has 4 heteroatoms. The van der Waals surface area contributed by atoms with Crippen LogP contribution in [-0.2, 0) is 0 Å². The summed E-state index contributed by atoms with van der Waals surface area (Å²) in [6.45, 7) is 7.04. The van der Waals surface area contributed by atoms with Gasteiger partial charge in [0.2, 0.25) is 0 Å². The van der Waals surface area contributed by atoms with E-state index in [1.807, 2.05) is 48.5 Å². The Bertz CT molecular complexity index is 1040. The van der Waals surface area contributed by atoms with Crippen LogP contribution in [0.2, 0.25) is 0 Å². The van der Waals surface area contributed by atoms with Crippen LogP contribution < -0.4 is 0 Å². The first-order valence-corrected chi connectivity index (χ1v) is 9.58. The van der Waals surface area contributed by atoms with Crippen molar-refractivity contribution in [3.8, 4) is 36.7 Å². The maximum atomic E-state index is 8.92. The summed E-state index contributed by atoms with van der Waals surface area (Å²) >= 11 is 3.51. The van der Waals surface area contributed by atoms with Crippen LogP contribution in [0, 0.1) is 17.9 Å². The molecule has 0 atom stereocenters. The van der Waals surface area contributed by atoms with Crippen molar-refractivity contribution in [1.82, 2.24) is 0 Å². The van der Waals surface area contributed by atoms with Crippen LogP contribution >= 0.6 is 22.7 Å². The third kappa shape index (κ3) is 3.17. The lowest BCUT2D eigenvalue weighted by molar-refractivity contribution is 1.49. The van der Waals surface area contributed by atoms with Crippen LogP contribution in [-0.4, -0.2) is 0 Å². The van der Waals surface area contributed by atoms with E-state index in [0.717, 1.165) is 11.1 Å². The second kappa shape index (κ2) is 6.98. The number of benzene rings is 2. The number of hydrogen-bond acceptors (Lipinski definition) is 3. The van der Waals surface area contributed by atoms with E-state index < -0.39 is 0 Å². The van der Waals surface area contributed by atoms with E-state index in [2.05, 4.69) is 35.2 Å². The summed E-state index contributed by atoms with van der Waals surface area (Å²) in [6, 6.07) is 26.1. The average Bonchev–Trinajstić information content (AvgIpc) is 3.38. The molecule has 0 aliphatic heterocycles. The van der Waals surface area contributed by atoms with Gasteiger partial charge in [0.05, 0.1) is 18.2 Å². The van der Waals surface area contributed by atoms with Crippen molar-refractivity contribution >= 4 is 28.4 Å². The van der Waals surface area contributed by atoms with Gasteiger partial charge in [-0.15, -0.1) is 22.7 Å². The molecule has 122 valence electrons. The molecule has 0 amide bonds. The topological polar surface area (TPSA) is 28.1 Å². The van der Waals surface area contributed by atoms with Crippen molar-refractivity contribution in [3.05, 3.63) is 89.8 Å². The number of nitrogens with zero attached hydrogens (tertiary/aromatic N) is 2. The molecule has 0 saturated heterocycles. The van der Waals surface area contributed by atoms with Gasteiger partial charge in [-0.05, 0) is 47.5 Å². The molecule has 0 radical (unpaired) electrons. The van der Waals surface area contributed by atoms with Gasteiger partial charge >= 0.3 is 0 Å². The van der Waals surface area contributed by atoms with Gasteiger partial charge in [-0.2, -0.15) is 5.26 Å². The highest BCUT2D eigenvalue weighted by Gasteiger charge is 2.09. The van der Waals surface area contributed by atoms with Gasteiger partial charge in [0.25, 0.3) is 0 Å². The first-order valence-electron chi connectivity index (χ1n) is 7.95. The van der Waals surface area contributed by atoms with Crippen molar-refractivity contribution < 1.29 is 0 Å². The molecule has 4 aromatic rings. The molecular formula is C22H12N2S2. The Morgan fingerprint density at radius 1 is 0.654 bits per heavy atom. The Hall–Kier alpha value is -3.18. The predicted molar refractivity (Wildman–Crippen MR) is 109 cm³/mol. The maximum absolute atomic E-state index is 8.92. The minimum atomic E-state index is 0.663. The summed E-state index contributed by atoms with van der Waals surface area (Å²) in [5.74, 6) is 0. The van der Waals surface area contributed by atoms with E-state index in [9.17, 15) is 0 Å². The second-order valence-corrected chi connectivity index (χ2v) is 7.84. The molecule has 0 aliphatic rings. The van der Waals surface area contributed by atoms with Crippen molar-refractivity contribution in [2.45, 2.75) is 0 Å². The second-order valence-electron chi connectivity index (χ2n) is 5.68. The number of thiophene rings is 2. The fraction of sp³-hybridized carbons (Fsp3) is 0. The number of hydrogen-bond donors (Lipinski definition) is 0. The quantitative estimate of drug-likeness (QED) is 0.350. The SMILES string of the molecule is [C-]#[N+]c1ccc(-c2ccc(-c3ccc(-c4ccc(C#N)cc4)s3)s2)cc1. The highest BCUT2D eigenvalue weighted by atomic mass is 32.1. The van der Waals surface area contributed by atoms with E-state index in [0.29, 0.717) is 11.3 Å². The van der Waals surface area contributed by atoms with E-state index in [1.165, 1.54) is 19.5 Å². The molecule has 2 nitrogen and oxygen atoms in total. The first kappa shape index (κ1) is 16.3. The van der Waals surface area contributed by atoms with Crippen molar-refractivity contribution in [1.29, 1.82) is 5.26 Å². The fourth-order valence-corrected chi connectivity index (χ4v) is 4.77. The number of nitriles is 1. The summed E-state index contributed by atoms with van der Waals surface area (Å²) in [4.78, 5) is 8.30. The molecule has 0 unspecified atom stereocenters. The summed E-state index contributed by atoms with van der Waals surface area (Å²) in [7, 11) is 0. The third-order valence-corrected chi connectivity index (χ3v) is 6.50. The van der Waals surface area contributed by atoms with Gasteiger partial charge in [-0.1, -0.05) is 36.4 Å². The van der Waals surface area contributed by atoms with Gasteiger partial charge in [0.15, 0.2) is 5.69 Å². The minimum Gasteiger partial charge on any atom is -0.238 e. The molecule has 0 aliphatic carbocycles. The largest absolute Gasteiger partial charge is 0.238 e. The fourth-order valence-electron chi connectivity index (χ4n) is 2.66. The molecule has 2 heterocycles. The lowest BCUT2D eigenvalue weighted by Crippen LogP contribution is -1.74. The van der Waals surface area contributed by atoms with Crippen molar-refractivity contribution in [3.63, 3.8) is 0 Å². The zero-order chi connectivity index (χ0) is 17.9. The normalized spacial score (nSPS) is 10.2. The predicted octanol–water partition coefficient (Wildman–Crippen LogP) is 7.23. The molecule has 4 rings (SSSR count). The highest BCUT2D eigenvalue weighted by molar-refractivity contribution is 7.25. The zero-order valence-electron chi connectivity index (χ0n) is 13.6. The van der Waals surface area contributed by atoms with Gasteiger partial charge in [-0.25, -0.2) is 4.85 Å². The Morgan fingerprint density at radius 3 is 1.58 bits per heavy atom. The molecule has 0 spiro atoms. The third-order valence-electron chi connectivity index (χ3n) is 4.03. The van der Waals surface area contributed by atoms with Crippen molar-refractivity contribution in [2.24, 2.45) is 0 Å². The zero-order valence-corrected chi connectivity index (χ0v) is 15.3. The van der Waals surface area contributed by atoms with E-state index in [4.69, 9.17) is 11.8 Å². The minimum absolute atomic E-state index is 0.663. The molecular weight excluding hydrogens is 356 g/mol. The molecule has 0 fully saturated rings. The first-order chi connectivity index (χ1) is 12.8. The van der Waals surface area contributed by atoms with E-state index >= 15 is 0 Å². The van der Waals surface area contributed by atoms with Crippen molar-refractivity contribution in [2.75, 3.05) is 0 Å². The summed E-state index contributed by atoms with van der Waals surface area (Å²) in [5, 5.41) is 8.92. The van der Waals surface area contributed by atoms with Crippen LogP contribution in [0.25, 0.3) is 35.5 Å². The molecule has 2 aromatic heterocycles. The Morgan fingerprint density at radius 2 is 1.12 bits per heavy atom. The number of rotatable bonds is 3. The van der Waals surface area contributed by atoms with Gasteiger partial charge < -0.3 is 0 Å². The van der Waals surface area contributed by atoms with Gasteiger partial charge in [-0.3, -0.25) is 0 Å². The van der Waals surface area contributed by atoms with Crippen LogP contribution in [0.1, 0.15) is 5.56 Å². The Balaban J connectivity index is 1.61. The van der Waals surface area contributed by atoms with Gasteiger partial charge in [0, 0.05) is 19.5 Å². The lowest BCUT2D eigenvalue weighted by Gasteiger charge is -1.97. The summed E-state index contributed by atoms with van der Waals surface area (Å²) in [5.41, 5.74) is 3.61. The molecule has 2 aromatic carbocycles. The highest BCUT2D eigenvalue weighted by Crippen LogP contribution is 2.40. The van der Waals surface area contributed by atoms with Crippen LogP contribution in [0.15, 0.2) is 72.8 Å². The molecule has 0 bridgehead atoms. The molecule has 26 heavy (non-hydrogen) atoms. The van der Waals surface area contributed by atoms with Gasteiger partial charge in [0.1, 0.15) is 0 Å². The smallest absolute Gasteiger partial charge is 0.187 e. The van der Waals surface area contributed by atoms with Crippen LogP contribution in [0.3, 0.4) is 0 Å². The summed E-state index contributed by atoms with van der Waals surface area (Å²) in [6.07, 6.45) is 0. The Labute approximate surface area is 160 Å². The van der Waals surface area contributed by atoms with E-state index in [-0.39, 0.29) is 0 Å². The molecule has 0 saturated carbocycles. The summed E-state index contributed by atoms with van der Waals surface area (Å²) < 4.78 is 0. The molecule has 0 N–H and O–H groups in total. The average molecular weight is 368 g/mol. The van der Waals surface area contributed by atoms with E-state index in [1.54, 1.807) is 22.7 Å². The monoisotopic (exact) mass is 368 g/mol.